The van der Waals surface area contributed by atoms with Gasteiger partial charge in [0.05, 0.1) is 11.3 Å². The summed E-state index contributed by atoms with van der Waals surface area (Å²) in [5.41, 5.74) is 8.18. The second-order valence-corrected chi connectivity index (χ2v) is 8.47. The summed E-state index contributed by atoms with van der Waals surface area (Å²) in [6, 6.07) is 16.3. The van der Waals surface area contributed by atoms with Crippen molar-refractivity contribution in [3.8, 4) is 17.2 Å². The van der Waals surface area contributed by atoms with E-state index >= 15 is 0 Å². The van der Waals surface area contributed by atoms with E-state index in [4.69, 9.17) is 22.1 Å². The van der Waals surface area contributed by atoms with Crippen molar-refractivity contribution in [2.45, 2.75) is 13.0 Å². The first kappa shape index (κ1) is 22.6. The molecule has 2 N–H and O–H groups in total. The number of nitrogen functional groups attached to an aromatic ring is 1. The Morgan fingerprint density at radius 1 is 1.06 bits per heavy atom. The van der Waals surface area contributed by atoms with Crippen molar-refractivity contribution in [2.75, 3.05) is 12.3 Å². The van der Waals surface area contributed by atoms with E-state index in [9.17, 15) is 14.0 Å². The normalized spacial score (nSPS) is 12.8. The Labute approximate surface area is 205 Å². The first-order chi connectivity index (χ1) is 16.9. The Morgan fingerprint density at radius 3 is 2.66 bits per heavy atom. The lowest BCUT2D eigenvalue weighted by molar-refractivity contribution is 0.0734. The van der Waals surface area contributed by atoms with Crippen molar-refractivity contribution in [1.29, 1.82) is 0 Å². The second kappa shape index (κ2) is 9.23. The molecule has 0 atom stereocenters. The maximum absolute atomic E-state index is 14.9. The van der Waals surface area contributed by atoms with Gasteiger partial charge in [-0.05, 0) is 35.7 Å². The van der Waals surface area contributed by atoms with Gasteiger partial charge in [-0.25, -0.2) is 9.37 Å². The third-order valence-electron chi connectivity index (χ3n) is 5.87. The van der Waals surface area contributed by atoms with Gasteiger partial charge in [0.1, 0.15) is 10.8 Å². The number of halogens is 2. The summed E-state index contributed by atoms with van der Waals surface area (Å²) in [6.45, 7) is 1.08. The highest BCUT2D eigenvalue weighted by molar-refractivity contribution is 6.34. The molecule has 3 heterocycles. The van der Waals surface area contributed by atoms with Gasteiger partial charge in [-0.1, -0.05) is 35.9 Å². The van der Waals surface area contributed by atoms with Gasteiger partial charge in [0, 0.05) is 43.7 Å². The van der Waals surface area contributed by atoms with Gasteiger partial charge in [-0.2, -0.15) is 0 Å². The zero-order valence-electron chi connectivity index (χ0n) is 18.4. The van der Waals surface area contributed by atoms with Crippen LogP contribution in [0.4, 0.5) is 10.2 Å². The third-order valence-corrected chi connectivity index (χ3v) is 6.25. The Hall–Kier alpha value is -4.17. The van der Waals surface area contributed by atoms with Crippen LogP contribution in [0.15, 0.2) is 77.9 Å². The smallest absolute Gasteiger partial charge is 0.255 e. The van der Waals surface area contributed by atoms with Crippen LogP contribution in [0, 0.1) is 5.82 Å². The molecule has 2 aromatic carbocycles. The van der Waals surface area contributed by atoms with E-state index in [0.29, 0.717) is 18.7 Å². The number of anilines is 1. The summed E-state index contributed by atoms with van der Waals surface area (Å²) in [4.78, 5) is 31.3. The lowest BCUT2D eigenvalue weighted by atomic mass is 9.99. The number of nitrogens with zero attached hydrogens (tertiary/aromatic N) is 3. The van der Waals surface area contributed by atoms with Gasteiger partial charge >= 0.3 is 0 Å². The number of hydrogen-bond acceptors (Lipinski definition) is 5. The van der Waals surface area contributed by atoms with Gasteiger partial charge < -0.3 is 15.4 Å². The van der Waals surface area contributed by atoms with Crippen molar-refractivity contribution >= 4 is 23.3 Å². The SMILES string of the molecule is Nc1nccc(Oc2ccc(-n3cc(C(=O)N4CCc5ccccc5C4)ccc3=O)cc2F)c1Cl. The topological polar surface area (TPSA) is 90.4 Å². The molecule has 0 unspecified atom stereocenters. The Bertz CT molecular complexity index is 1500. The summed E-state index contributed by atoms with van der Waals surface area (Å²) >= 11 is 6.07. The first-order valence-electron chi connectivity index (χ1n) is 10.9. The molecule has 2 aromatic heterocycles. The van der Waals surface area contributed by atoms with Crippen molar-refractivity contribution in [3.63, 3.8) is 0 Å². The number of rotatable bonds is 4. The molecule has 0 bridgehead atoms. The van der Waals surface area contributed by atoms with Crippen LogP contribution in [-0.4, -0.2) is 26.9 Å². The molecular weight excluding hydrogens is 471 g/mol. The quantitative estimate of drug-likeness (QED) is 0.451. The Morgan fingerprint density at radius 2 is 1.86 bits per heavy atom. The third kappa shape index (κ3) is 4.48. The van der Waals surface area contributed by atoms with Crippen LogP contribution in [-0.2, 0) is 13.0 Å². The number of carbonyl (C=O) groups is 1. The minimum Gasteiger partial charge on any atom is -0.453 e. The number of aromatic nitrogens is 2. The van der Waals surface area contributed by atoms with Gasteiger partial charge in [0.25, 0.3) is 11.5 Å². The zero-order valence-corrected chi connectivity index (χ0v) is 19.2. The van der Waals surface area contributed by atoms with Crippen molar-refractivity contribution in [3.05, 3.63) is 111 Å². The van der Waals surface area contributed by atoms with Crippen molar-refractivity contribution < 1.29 is 13.9 Å². The minimum atomic E-state index is -0.717. The zero-order chi connectivity index (χ0) is 24.5. The van der Waals surface area contributed by atoms with Crippen LogP contribution in [0.3, 0.4) is 0 Å². The fourth-order valence-corrected chi connectivity index (χ4v) is 4.18. The van der Waals surface area contributed by atoms with Crippen molar-refractivity contribution in [2.24, 2.45) is 0 Å². The van der Waals surface area contributed by atoms with Gasteiger partial charge in [-0.15, -0.1) is 0 Å². The monoisotopic (exact) mass is 490 g/mol. The highest BCUT2D eigenvalue weighted by Gasteiger charge is 2.22. The maximum atomic E-state index is 14.9. The molecule has 5 rings (SSSR count). The Kier molecular flexibility index (Phi) is 5.96. The minimum absolute atomic E-state index is 0.0615. The number of carbonyl (C=O) groups excluding carboxylic acids is 1. The number of fused-ring (bicyclic) bond motifs is 1. The summed E-state index contributed by atoms with van der Waals surface area (Å²) in [6.07, 6.45) is 3.59. The molecule has 0 saturated carbocycles. The predicted molar refractivity (Wildman–Crippen MR) is 131 cm³/mol. The fraction of sp³-hybridized carbons (Fsp3) is 0.115. The molecule has 1 aliphatic rings. The summed E-state index contributed by atoms with van der Waals surface area (Å²) in [7, 11) is 0. The summed E-state index contributed by atoms with van der Waals surface area (Å²) < 4.78 is 21.6. The molecule has 1 aliphatic heterocycles. The van der Waals surface area contributed by atoms with Crippen LogP contribution in [0.5, 0.6) is 11.5 Å². The lowest BCUT2D eigenvalue weighted by Crippen LogP contribution is -2.36. The van der Waals surface area contributed by atoms with E-state index in [2.05, 4.69) is 11.1 Å². The molecule has 7 nitrogen and oxygen atoms in total. The number of pyridine rings is 2. The van der Waals surface area contributed by atoms with Gasteiger partial charge in [0.2, 0.25) is 0 Å². The molecular formula is C26H20ClFN4O3. The molecule has 0 radical (unpaired) electrons. The molecule has 4 aromatic rings. The van der Waals surface area contributed by atoms with E-state index in [1.807, 2.05) is 18.2 Å². The van der Waals surface area contributed by atoms with E-state index < -0.39 is 11.4 Å². The Balaban J connectivity index is 1.41. The fourth-order valence-electron chi connectivity index (χ4n) is 4.03. The largest absolute Gasteiger partial charge is 0.453 e. The van der Waals surface area contributed by atoms with Gasteiger partial charge in [0.15, 0.2) is 17.3 Å². The lowest BCUT2D eigenvalue weighted by Gasteiger charge is -2.29. The molecule has 0 saturated heterocycles. The number of ether oxygens (including phenoxy) is 1. The highest BCUT2D eigenvalue weighted by atomic mass is 35.5. The second-order valence-electron chi connectivity index (χ2n) is 8.10. The molecule has 0 fully saturated rings. The molecule has 0 spiro atoms. The molecule has 1 amide bonds. The van der Waals surface area contributed by atoms with Gasteiger partial charge in [-0.3, -0.25) is 14.2 Å². The summed E-state index contributed by atoms with van der Waals surface area (Å²) in [5.74, 6) is -0.803. The molecule has 9 heteroatoms. The standard InChI is InChI=1S/C26H20ClFN4O3/c27-24-22(9-11-30-25(24)29)35-21-7-6-19(13-20(21)28)32-15-18(5-8-23(32)33)26(34)31-12-10-16-3-1-2-4-17(16)14-31/h1-9,11,13,15H,10,12,14H2,(H2,29,30). The highest BCUT2D eigenvalue weighted by Crippen LogP contribution is 2.33. The van der Waals surface area contributed by atoms with Crippen LogP contribution in [0.1, 0.15) is 21.5 Å². The van der Waals surface area contributed by atoms with Crippen LogP contribution in [0.2, 0.25) is 5.02 Å². The molecule has 176 valence electrons. The van der Waals surface area contributed by atoms with Crippen molar-refractivity contribution in [1.82, 2.24) is 14.5 Å². The van der Waals surface area contributed by atoms with E-state index in [1.54, 1.807) is 4.90 Å². The predicted octanol–water partition coefficient (Wildman–Crippen LogP) is 4.60. The van der Waals surface area contributed by atoms with Crippen LogP contribution < -0.4 is 16.0 Å². The number of nitrogens with two attached hydrogens (primary N) is 1. The number of amides is 1. The van der Waals surface area contributed by atoms with Crippen LogP contribution in [0.25, 0.3) is 5.69 Å². The van der Waals surface area contributed by atoms with E-state index in [0.717, 1.165) is 18.1 Å². The molecule has 35 heavy (non-hydrogen) atoms. The maximum Gasteiger partial charge on any atom is 0.255 e. The first-order valence-corrected chi connectivity index (χ1v) is 11.2. The number of benzene rings is 2. The van der Waals surface area contributed by atoms with Crippen LogP contribution >= 0.6 is 11.6 Å². The molecule has 0 aliphatic carbocycles. The average molecular weight is 491 g/mol. The summed E-state index contributed by atoms with van der Waals surface area (Å²) in [5, 5.41) is 0.0683. The van der Waals surface area contributed by atoms with E-state index in [1.165, 1.54) is 52.9 Å². The van der Waals surface area contributed by atoms with E-state index in [-0.39, 0.29) is 33.9 Å². The number of hydrogen-bond donors (Lipinski definition) is 1. The average Bonchev–Trinajstić information content (AvgIpc) is 2.87.